The van der Waals surface area contributed by atoms with Gasteiger partial charge < -0.3 is 10.1 Å². The van der Waals surface area contributed by atoms with Crippen molar-refractivity contribution in [2.75, 3.05) is 0 Å². The topological polar surface area (TPSA) is 38.3 Å². The van der Waals surface area contributed by atoms with Crippen LogP contribution in [0.25, 0.3) is 0 Å². The summed E-state index contributed by atoms with van der Waals surface area (Å²) >= 11 is 6.65. The van der Waals surface area contributed by atoms with Crippen LogP contribution in [0, 0.1) is 0 Å². The van der Waals surface area contributed by atoms with Gasteiger partial charge in [0.1, 0.15) is 5.75 Å². The fourth-order valence-electron chi connectivity index (χ4n) is 0.990. The summed E-state index contributed by atoms with van der Waals surface area (Å²) in [6, 6.07) is 5.35. The molecule has 0 aromatic heterocycles. The van der Waals surface area contributed by atoms with Crippen LogP contribution in [-0.2, 0) is 0 Å². The van der Waals surface area contributed by atoms with E-state index < -0.39 is 6.09 Å². The molecule has 1 N–H and O–H groups in total. The number of benzene rings is 1. The van der Waals surface area contributed by atoms with Crippen LogP contribution in [0.1, 0.15) is 20.8 Å². The van der Waals surface area contributed by atoms with E-state index in [0.717, 1.165) is 8.95 Å². The van der Waals surface area contributed by atoms with Crippen LogP contribution in [-0.4, -0.2) is 11.6 Å². The fraction of sp³-hybridized carbons (Fsp3) is 0.364. The molecule has 16 heavy (non-hydrogen) atoms. The van der Waals surface area contributed by atoms with E-state index >= 15 is 0 Å². The van der Waals surface area contributed by atoms with Crippen molar-refractivity contribution in [2.24, 2.45) is 0 Å². The molecule has 0 saturated carbocycles. The summed E-state index contributed by atoms with van der Waals surface area (Å²) in [5.74, 6) is 0.491. The molecule has 0 bridgehead atoms. The van der Waals surface area contributed by atoms with E-state index in [0.29, 0.717) is 5.75 Å². The first kappa shape index (κ1) is 13.5. The summed E-state index contributed by atoms with van der Waals surface area (Å²) in [4.78, 5) is 11.5. The van der Waals surface area contributed by atoms with Crippen LogP contribution >= 0.6 is 31.9 Å². The fourth-order valence-corrected chi connectivity index (χ4v) is 2.12. The molecule has 0 radical (unpaired) electrons. The maximum atomic E-state index is 11.5. The van der Waals surface area contributed by atoms with Crippen molar-refractivity contribution in [1.82, 2.24) is 5.32 Å². The smallest absolute Gasteiger partial charge is 0.409 e. The summed E-state index contributed by atoms with van der Waals surface area (Å²) in [7, 11) is 0. The Hall–Kier alpha value is -0.550. The van der Waals surface area contributed by atoms with Crippen molar-refractivity contribution in [3.05, 3.63) is 27.1 Å². The van der Waals surface area contributed by atoms with Crippen LogP contribution in [0.2, 0.25) is 0 Å². The van der Waals surface area contributed by atoms with Crippen molar-refractivity contribution in [1.29, 1.82) is 0 Å². The molecule has 0 atom stereocenters. The number of amides is 1. The molecule has 1 aromatic rings. The molecule has 0 spiro atoms. The van der Waals surface area contributed by atoms with Crippen molar-refractivity contribution >= 4 is 38.0 Å². The lowest BCUT2D eigenvalue weighted by atomic mass is 10.1. The molecule has 88 valence electrons. The first-order valence-corrected chi connectivity index (χ1v) is 6.31. The Bertz CT molecular complexity index is 399. The van der Waals surface area contributed by atoms with Gasteiger partial charge >= 0.3 is 6.09 Å². The second kappa shape index (κ2) is 5.19. The second-order valence-corrected chi connectivity index (χ2v) is 6.11. The Morgan fingerprint density at radius 1 is 1.31 bits per heavy atom. The van der Waals surface area contributed by atoms with Gasteiger partial charge in [0.25, 0.3) is 0 Å². The monoisotopic (exact) mass is 349 g/mol. The Balaban J connectivity index is 2.70. The van der Waals surface area contributed by atoms with Crippen LogP contribution in [0.15, 0.2) is 27.1 Å². The molecule has 1 aromatic carbocycles. The van der Waals surface area contributed by atoms with Crippen LogP contribution in [0.4, 0.5) is 4.79 Å². The highest BCUT2D eigenvalue weighted by Gasteiger charge is 2.16. The van der Waals surface area contributed by atoms with Gasteiger partial charge in [-0.2, -0.15) is 0 Å². The van der Waals surface area contributed by atoms with Gasteiger partial charge in [-0.25, -0.2) is 4.79 Å². The molecule has 1 amide bonds. The van der Waals surface area contributed by atoms with E-state index in [1.54, 1.807) is 6.07 Å². The predicted molar refractivity (Wildman–Crippen MR) is 70.8 cm³/mol. The Morgan fingerprint density at radius 2 is 1.94 bits per heavy atom. The lowest BCUT2D eigenvalue weighted by Gasteiger charge is -2.20. The van der Waals surface area contributed by atoms with Crippen LogP contribution < -0.4 is 10.1 Å². The first-order chi connectivity index (χ1) is 7.28. The standard InChI is InChI=1S/C11H13Br2NO2/c1-11(2,3)14-10(15)16-9-5-4-7(12)6-8(9)13/h4-6H,1-3H3,(H,14,15). The SMILES string of the molecule is CC(C)(C)NC(=O)Oc1ccc(Br)cc1Br. The average molecular weight is 351 g/mol. The molecular formula is C11H13Br2NO2. The number of carbonyl (C=O) groups is 1. The first-order valence-electron chi connectivity index (χ1n) is 4.73. The van der Waals surface area contributed by atoms with Crippen LogP contribution in [0.5, 0.6) is 5.75 Å². The lowest BCUT2D eigenvalue weighted by molar-refractivity contribution is 0.190. The molecule has 5 heteroatoms. The van der Waals surface area contributed by atoms with E-state index in [1.165, 1.54) is 0 Å². The summed E-state index contributed by atoms with van der Waals surface area (Å²) in [6.07, 6.45) is -0.462. The maximum Gasteiger partial charge on any atom is 0.413 e. The molecule has 0 aliphatic carbocycles. The van der Waals surface area contributed by atoms with Gasteiger partial charge in [-0.15, -0.1) is 0 Å². The predicted octanol–water partition coefficient (Wildman–Crippen LogP) is 4.10. The van der Waals surface area contributed by atoms with E-state index in [-0.39, 0.29) is 5.54 Å². The van der Waals surface area contributed by atoms with Gasteiger partial charge in [-0.3, -0.25) is 0 Å². The molecule has 0 aliphatic heterocycles. The zero-order valence-corrected chi connectivity index (χ0v) is 12.5. The molecule has 0 aliphatic rings. The van der Waals surface area contributed by atoms with Gasteiger partial charge in [-0.05, 0) is 54.9 Å². The molecule has 0 fully saturated rings. The molecule has 3 nitrogen and oxygen atoms in total. The summed E-state index contributed by atoms with van der Waals surface area (Å²) < 4.78 is 6.81. The zero-order chi connectivity index (χ0) is 12.3. The molecule has 1 rings (SSSR count). The van der Waals surface area contributed by atoms with Gasteiger partial charge in [0, 0.05) is 10.0 Å². The average Bonchev–Trinajstić information content (AvgIpc) is 2.06. The lowest BCUT2D eigenvalue weighted by Crippen LogP contribution is -2.42. The summed E-state index contributed by atoms with van der Waals surface area (Å²) in [5, 5.41) is 2.72. The van der Waals surface area contributed by atoms with Gasteiger partial charge in [0.15, 0.2) is 0 Å². The number of halogens is 2. The number of nitrogens with one attached hydrogen (secondary N) is 1. The number of hydrogen-bond acceptors (Lipinski definition) is 2. The van der Waals surface area contributed by atoms with Crippen molar-refractivity contribution in [2.45, 2.75) is 26.3 Å². The minimum Gasteiger partial charge on any atom is -0.409 e. The van der Waals surface area contributed by atoms with Gasteiger partial charge in [0.2, 0.25) is 0 Å². The van der Waals surface area contributed by atoms with Gasteiger partial charge in [0.05, 0.1) is 4.47 Å². The summed E-state index contributed by atoms with van der Waals surface area (Å²) in [5.41, 5.74) is -0.307. The Kier molecular flexibility index (Phi) is 4.38. The maximum absolute atomic E-state index is 11.5. The van der Waals surface area contributed by atoms with E-state index in [1.807, 2.05) is 32.9 Å². The highest BCUT2D eigenvalue weighted by atomic mass is 79.9. The largest absolute Gasteiger partial charge is 0.413 e. The molecule has 0 saturated heterocycles. The third kappa shape index (κ3) is 4.53. The number of rotatable bonds is 1. The molecule has 0 heterocycles. The van der Waals surface area contributed by atoms with Gasteiger partial charge in [-0.1, -0.05) is 15.9 Å². The number of hydrogen-bond donors (Lipinski definition) is 1. The highest BCUT2D eigenvalue weighted by molar-refractivity contribution is 9.11. The van der Waals surface area contributed by atoms with Crippen LogP contribution in [0.3, 0.4) is 0 Å². The van der Waals surface area contributed by atoms with Crippen molar-refractivity contribution in [3.8, 4) is 5.75 Å². The zero-order valence-electron chi connectivity index (χ0n) is 9.30. The third-order valence-corrected chi connectivity index (χ3v) is 2.69. The highest BCUT2D eigenvalue weighted by Crippen LogP contribution is 2.28. The minimum atomic E-state index is -0.462. The minimum absolute atomic E-state index is 0.307. The number of ether oxygens (including phenoxy) is 1. The normalized spacial score (nSPS) is 11.1. The Labute approximate surface area is 112 Å². The van der Waals surface area contributed by atoms with E-state index in [2.05, 4.69) is 37.2 Å². The molecular weight excluding hydrogens is 338 g/mol. The quantitative estimate of drug-likeness (QED) is 0.828. The Morgan fingerprint density at radius 3 is 2.44 bits per heavy atom. The second-order valence-electron chi connectivity index (χ2n) is 4.34. The van der Waals surface area contributed by atoms with E-state index in [9.17, 15) is 4.79 Å². The summed E-state index contributed by atoms with van der Waals surface area (Å²) in [6.45, 7) is 5.68. The number of carbonyl (C=O) groups excluding carboxylic acids is 1. The van der Waals surface area contributed by atoms with E-state index in [4.69, 9.17) is 4.74 Å². The third-order valence-electron chi connectivity index (χ3n) is 1.57. The molecule has 0 unspecified atom stereocenters. The van der Waals surface area contributed by atoms with Crippen molar-refractivity contribution in [3.63, 3.8) is 0 Å². The van der Waals surface area contributed by atoms with Crippen molar-refractivity contribution < 1.29 is 9.53 Å².